The van der Waals surface area contributed by atoms with Gasteiger partial charge in [0.1, 0.15) is 0 Å². The van der Waals surface area contributed by atoms with Crippen LogP contribution in [0, 0.1) is 0 Å². The van der Waals surface area contributed by atoms with E-state index < -0.39 is 0 Å². The molecule has 1 unspecified atom stereocenters. The van der Waals surface area contributed by atoms with Gasteiger partial charge in [0.15, 0.2) is 0 Å². The van der Waals surface area contributed by atoms with Crippen LogP contribution in [0.3, 0.4) is 0 Å². The Morgan fingerprint density at radius 1 is 1.54 bits per heavy atom. The van der Waals surface area contributed by atoms with Gasteiger partial charge in [-0.25, -0.2) is 0 Å². The van der Waals surface area contributed by atoms with Crippen molar-refractivity contribution in [3.8, 4) is 0 Å². The van der Waals surface area contributed by atoms with Gasteiger partial charge in [-0.2, -0.15) is 0 Å². The summed E-state index contributed by atoms with van der Waals surface area (Å²) < 4.78 is 0. The van der Waals surface area contributed by atoms with Crippen LogP contribution in [-0.4, -0.2) is 24.5 Å². The fraction of sp³-hybridized carbons (Fsp3) is 0.900. The lowest BCUT2D eigenvalue weighted by Crippen LogP contribution is -2.44. The molecule has 0 aromatic rings. The third-order valence-electron chi connectivity index (χ3n) is 2.68. The quantitative estimate of drug-likeness (QED) is 0.670. The van der Waals surface area contributed by atoms with Gasteiger partial charge < -0.3 is 10.6 Å². The van der Waals surface area contributed by atoms with Gasteiger partial charge >= 0.3 is 0 Å². The summed E-state index contributed by atoms with van der Waals surface area (Å²) in [5, 5.41) is 6.17. The Bertz CT molecular complexity index is 166. The first-order valence-corrected chi connectivity index (χ1v) is 5.25. The number of carbonyl (C=O) groups excluding carboxylic acids is 1. The van der Waals surface area contributed by atoms with Gasteiger partial charge in [-0.05, 0) is 26.2 Å². The smallest absolute Gasteiger partial charge is 0.234 e. The molecule has 3 nitrogen and oxygen atoms in total. The van der Waals surface area contributed by atoms with E-state index in [9.17, 15) is 4.79 Å². The highest BCUT2D eigenvalue weighted by molar-refractivity contribution is 5.78. The first-order valence-electron chi connectivity index (χ1n) is 5.25. The van der Waals surface area contributed by atoms with Crippen LogP contribution < -0.4 is 10.6 Å². The monoisotopic (exact) mass is 184 g/mol. The maximum absolute atomic E-state index is 11.3. The zero-order valence-corrected chi connectivity index (χ0v) is 8.60. The average molecular weight is 184 g/mol. The molecule has 76 valence electrons. The molecule has 1 atom stereocenters. The molecule has 1 fully saturated rings. The summed E-state index contributed by atoms with van der Waals surface area (Å²) in [6.07, 6.45) is 4.77. The molecule has 0 aliphatic heterocycles. The normalized spacial score (nSPS) is 19.2. The largest absolute Gasteiger partial charge is 0.353 e. The number of amides is 1. The summed E-state index contributed by atoms with van der Waals surface area (Å²) in [6, 6.07) is 0.901. The van der Waals surface area contributed by atoms with Crippen LogP contribution in [0.15, 0.2) is 0 Å². The van der Waals surface area contributed by atoms with Crippen LogP contribution in [0.2, 0.25) is 0 Å². The maximum Gasteiger partial charge on any atom is 0.234 e. The Labute approximate surface area is 80.3 Å². The molecule has 0 aromatic heterocycles. The van der Waals surface area contributed by atoms with Crippen LogP contribution in [0.4, 0.5) is 0 Å². The summed E-state index contributed by atoms with van der Waals surface area (Å²) in [7, 11) is 0. The zero-order valence-electron chi connectivity index (χ0n) is 8.60. The van der Waals surface area contributed by atoms with Gasteiger partial charge in [0.05, 0.1) is 6.54 Å². The molecule has 1 rings (SSSR count). The summed E-state index contributed by atoms with van der Waals surface area (Å²) >= 11 is 0. The van der Waals surface area contributed by atoms with E-state index in [4.69, 9.17) is 0 Å². The second-order valence-corrected chi connectivity index (χ2v) is 3.89. The molecule has 0 radical (unpaired) electrons. The summed E-state index contributed by atoms with van der Waals surface area (Å²) in [5.74, 6) is 0.126. The first kappa shape index (κ1) is 10.5. The fourth-order valence-electron chi connectivity index (χ4n) is 1.28. The molecule has 2 N–H and O–H groups in total. The minimum absolute atomic E-state index is 0.126. The number of carbonyl (C=O) groups is 1. The van der Waals surface area contributed by atoms with Crippen molar-refractivity contribution in [1.29, 1.82) is 0 Å². The van der Waals surface area contributed by atoms with E-state index in [2.05, 4.69) is 17.6 Å². The van der Waals surface area contributed by atoms with Gasteiger partial charge in [0.2, 0.25) is 5.91 Å². The zero-order chi connectivity index (χ0) is 9.68. The molecule has 1 aliphatic rings. The lowest BCUT2D eigenvalue weighted by Gasteiger charge is -2.26. The maximum atomic E-state index is 11.3. The van der Waals surface area contributed by atoms with Crippen molar-refractivity contribution in [2.45, 2.75) is 51.6 Å². The topological polar surface area (TPSA) is 41.1 Å². The second-order valence-electron chi connectivity index (χ2n) is 3.89. The van der Waals surface area contributed by atoms with Crippen LogP contribution in [0.5, 0.6) is 0 Å². The Kier molecular flexibility index (Phi) is 4.22. The number of hydrogen-bond donors (Lipinski definition) is 2. The van der Waals surface area contributed by atoms with E-state index in [0.717, 1.165) is 6.42 Å². The van der Waals surface area contributed by atoms with E-state index in [1.807, 2.05) is 6.92 Å². The summed E-state index contributed by atoms with van der Waals surface area (Å²) in [6.45, 7) is 4.58. The minimum atomic E-state index is 0.126. The van der Waals surface area contributed by atoms with Crippen molar-refractivity contribution in [2.75, 3.05) is 6.54 Å². The minimum Gasteiger partial charge on any atom is -0.353 e. The SMILES string of the molecule is CCC(C)NC(=O)CNC1CCC1. The van der Waals surface area contributed by atoms with Crippen LogP contribution >= 0.6 is 0 Å². The van der Waals surface area contributed by atoms with Crippen molar-refractivity contribution in [2.24, 2.45) is 0 Å². The third-order valence-corrected chi connectivity index (χ3v) is 2.68. The molecule has 0 bridgehead atoms. The molecule has 1 aliphatic carbocycles. The third kappa shape index (κ3) is 3.77. The number of nitrogens with one attached hydrogen (secondary N) is 2. The van der Waals surface area contributed by atoms with E-state index in [1.165, 1.54) is 19.3 Å². The van der Waals surface area contributed by atoms with Gasteiger partial charge in [0, 0.05) is 12.1 Å². The molecule has 0 heterocycles. The Balaban J connectivity index is 2.03. The molecule has 1 saturated carbocycles. The standard InChI is InChI=1S/C10H20N2O/c1-3-8(2)12-10(13)7-11-9-5-4-6-9/h8-9,11H,3-7H2,1-2H3,(H,12,13). The second kappa shape index (κ2) is 5.22. The molecular weight excluding hydrogens is 164 g/mol. The molecular formula is C10H20N2O. The van der Waals surface area contributed by atoms with Crippen molar-refractivity contribution >= 4 is 5.91 Å². The predicted octanol–water partition coefficient (Wildman–Crippen LogP) is 1.04. The summed E-state index contributed by atoms with van der Waals surface area (Å²) in [5.41, 5.74) is 0. The highest BCUT2D eigenvalue weighted by Crippen LogP contribution is 2.17. The van der Waals surface area contributed by atoms with Gasteiger partial charge in [0.25, 0.3) is 0 Å². The highest BCUT2D eigenvalue weighted by atomic mass is 16.1. The van der Waals surface area contributed by atoms with Gasteiger partial charge in [-0.3, -0.25) is 4.79 Å². The molecule has 0 aromatic carbocycles. The summed E-state index contributed by atoms with van der Waals surface area (Å²) in [4.78, 5) is 11.3. The van der Waals surface area contributed by atoms with Gasteiger partial charge in [-0.15, -0.1) is 0 Å². The molecule has 1 amide bonds. The fourth-order valence-corrected chi connectivity index (χ4v) is 1.28. The van der Waals surface area contributed by atoms with Crippen molar-refractivity contribution in [3.63, 3.8) is 0 Å². The lowest BCUT2D eigenvalue weighted by molar-refractivity contribution is -0.121. The van der Waals surface area contributed by atoms with Gasteiger partial charge in [-0.1, -0.05) is 13.3 Å². The van der Waals surface area contributed by atoms with Crippen molar-refractivity contribution in [1.82, 2.24) is 10.6 Å². The molecule has 0 saturated heterocycles. The molecule has 3 heteroatoms. The van der Waals surface area contributed by atoms with Crippen LogP contribution in [0.1, 0.15) is 39.5 Å². The number of rotatable bonds is 5. The van der Waals surface area contributed by atoms with E-state index in [0.29, 0.717) is 18.6 Å². The van der Waals surface area contributed by atoms with E-state index in [1.54, 1.807) is 0 Å². The van der Waals surface area contributed by atoms with E-state index in [-0.39, 0.29) is 5.91 Å². The van der Waals surface area contributed by atoms with Crippen LogP contribution in [0.25, 0.3) is 0 Å². The Morgan fingerprint density at radius 3 is 2.69 bits per heavy atom. The van der Waals surface area contributed by atoms with Crippen molar-refractivity contribution < 1.29 is 4.79 Å². The number of hydrogen-bond acceptors (Lipinski definition) is 2. The Morgan fingerprint density at radius 2 is 2.23 bits per heavy atom. The molecule has 0 spiro atoms. The average Bonchev–Trinajstić information content (AvgIpc) is 2.01. The van der Waals surface area contributed by atoms with E-state index >= 15 is 0 Å². The van der Waals surface area contributed by atoms with Crippen LogP contribution in [-0.2, 0) is 4.79 Å². The predicted molar refractivity (Wildman–Crippen MR) is 53.5 cm³/mol. The molecule has 13 heavy (non-hydrogen) atoms. The highest BCUT2D eigenvalue weighted by Gasteiger charge is 2.17. The first-order chi connectivity index (χ1) is 6.22. The Hall–Kier alpha value is -0.570. The lowest BCUT2D eigenvalue weighted by atomic mass is 9.93. The van der Waals surface area contributed by atoms with Crippen molar-refractivity contribution in [3.05, 3.63) is 0 Å².